The molecular weight excluding hydrogens is 505 g/mol. The predicted molar refractivity (Wildman–Crippen MR) is 115 cm³/mol. The summed E-state index contributed by atoms with van der Waals surface area (Å²) in [6.45, 7) is 0.0414. The number of alkyl halides is 3. The van der Waals surface area contributed by atoms with Crippen LogP contribution in [0.5, 0.6) is 5.75 Å². The van der Waals surface area contributed by atoms with E-state index in [1.54, 1.807) is 10.2 Å². The number of amides is 2. The third-order valence-electron chi connectivity index (χ3n) is 7.69. The van der Waals surface area contributed by atoms with E-state index in [9.17, 15) is 36.3 Å². The summed E-state index contributed by atoms with van der Waals surface area (Å²) >= 11 is 0. The summed E-state index contributed by atoms with van der Waals surface area (Å²) in [6, 6.07) is -1.45. The summed E-state index contributed by atoms with van der Waals surface area (Å²) in [4.78, 5) is 41.1. The molecule has 2 unspecified atom stereocenters. The fourth-order valence-electron chi connectivity index (χ4n) is 5.99. The van der Waals surface area contributed by atoms with E-state index >= 15 is 0 Å². The smallest absolute Gasteiger partial charge is 0.412 e. The van der Waals surface area contributed by atoms with Crippen molar-refractivity contribution < 1.29 is 41.0 Å². The average Bonchev–Trinajstić information content (AvgIpc) is 3.57. The van der Waals surface area contributed by atoms with E-state index in [0.29, 0.717) is 30.4 Å². The number of nitrogens with zero attached hydrogens (tertiary/aromatic N) is 2. The van der Waals surface area contributed by atoms with Crippen molar-refractivity contribution in [3.8, 4) is 5.75 Å². The van der Waals surface area contributed by atoms with E-state index in [4.69, 9.17) is 9.47 Å². The molecule has 1 aromatic heterocycles. The summed E-state index contributed by atoms with van der Waals surface area (Å²) < 4.78 is 81.3. The van der Waals surface area contributed by atoms with Crippen molar-refractivity contribution in [3.05, 3.63) is 63.1 Å². The molecule has 2 bridgehead atoms. The molecule has 1 saturated heterocycles. The van der Waals surface area contributed by atoms with Crippen LogP contribution in [-0.4, -0.2) is 52.9 Å². The van der Waals surface area contributed by atoms with Crippen LogP contribution in [0.3, 0.4) is 0 Å². The van der Waals surface area contributed by atoms with Gasteiger partial charge in [0.1, 0.15) is 17.2 Å². The number of methoxy groups -OCH3 is 1. The molecule has 2 aliphatic carbocycles. The Bertz CT molecular complexity index is 1390. The lowest BCUT2D eigenvalue weighted by molar-refractivity contribution is -0.155. The average molecular weight is 525 g/mol. The second-order valence-electron chi connectivity index (χ2n) is 9.73. The van der Waals surface area contributed by atoms with Crippen molar-refractivity contribution in [2.24, 2.45) is 11.8 Å². The lowest BCUT2D eigenvalue weighted by atomic mass is 10.0. The second-order valence-corrected chi connectivity index (χ2v) is 9.73. The number of aromatic nitrogens is 1. The topological polar surface area (TPSA) is 89.9 Å². The van der Waals surface area contributed by atoms with E-state index in [-0.39, 0.29) is 30.5 Å². The lowest BCUT2D eigenvalue weighted by Gasteiger charge is -2.45. The van der Waals surface area contributed by atoms with Gasteiger partial charge >= 0.3 is 6.18 Å². The van der Waals surface area contributed by atoms with Gasteiger partial charge in [0.15, 0.2) is 23.7 Å². The molecule has 3 heterocycles. The van der Waals surface area contributed by atoms with Crippen molar-refractivity contribution >= 4 is 11.8 Å². The molecule has 4 aliphatic rings. The number of hydrogen-bond acceptors (Lipinski definition) is 5. The van der Waals surface area contributed by atoms with E-state index in [1.807, 2.05) is 0 Å². The standard InChI is InChI=1S/C24H20F5N3O5/c1-36-20-18-23(35)32-15-6-16(12-5-11(12)15)37-17(32)8-31(18)7-13(19(20)33)22(34)30-21(24(27,28)29)10-3-2-9(25)4-14(10)26/h2-4,7,11-12,15-17,21H,5-6,8H2,1H3,(H,30,34)/t11-,12+,15?,16?,17+,21-/m0/s1. The fraction of sp³-hybridized carbons (Fsp3) is 0.458. The van der Waals surface area contributed by atoms with Gasteiger partial charge in [-0.25, -0.2) is 8.78 Å². The van der Waals surface area contributed by atoms with Crippen LogP contribution in [0.25, 0.3) is 0 Å². The molecule has 2 amide bonds. The number of ether oxygens (including phenoxy) is 2. The molecule has 2 aromatic rings. The Balaban J connectivity index is 1.37. The Labute approximate surface area is 205 Å². The highest BCUT2D eigenvalue weighted by molar-refractivity contribution is 5.99. The SMILES string of the molecule is COc1c2n(cc(C(=O)N[C@@H](c3ccc(F)cc3F)C(F)(F)F)c1=O)C[C@H]1OC3CC([C@H]4C[C@@H]34)N1C2=O. The quantitative estimate of drug-likeness (QED) is 0.621. The Morgan fingerprint density at radius 1 is 1.19 bits per heavy atom. The van der Waals surface area contributed by atoms with Crippen LogP contribution in [0.1, 0.15) is 45.3 Å². The maximum Gasteiger partial charge on any atom is 0.412 e. The highest BCUT2D eigenvalue weighted by Crippen LogP contribution is 2.58. The number of pyridine rings is 1. The van der Waals surface area contributed by atoms with E-state index < -0.39 is 64.2 Å². The first-order chi connectivity index (χ1) is 17.5. The van der Waals surface area contributed by atoms with Crippen LogP contribution in [-0.2, 0) is 11.3 Å². The highest BCUT2D eigenvalue weighted by atomic mass is 19.4. The van der Waals surface area contributed by atoms with Crippen molar-refractivity contribution in [1.82, 2.24) is 14.8 Å². The van der Waals surface area contributed by atoms with Gasteiger partial charge in [-0.05, 0) is 30.7 Å². The first-order valence-corrected chi connectivity index (χ1v) is 11.6. The number of rotatable bonds is 4. The maximum atomic E-state index is 14.2. The number of fused-ring (bicyclic) bond motifs is 8. The molecule has 13 heteroatoms. The molecular formula is C24H20F5N3O5. The predicted octanol–water partition coefficient (Wildman–Crippen LogP) is 2.76. The van der Waals surface area contributed by atoms with Gasteiger partial charge in [0.25, 0.3) is 11.8 Å². The highest BCUT2D eigenvalue weighted by Gasteiger charge is 2.63. The van der Waals surface area contributed by atoms with Gasteiger partial charge in [0, 0.05) is 23.9 Å². The number of nitrogens with one attached hydrogen (secondary N) is 1. The molecule has 196 valence electrons. The molecule has 6 atom stereocenters. The minimum Gasteiger partial charge on any atom is -0.491 e. The molecule has 37 heavy (non-hydrogen) atoms. The molecule has 1 N–H and O–H groups in total. The molecule has 2 saturated carbocycles. The summed E-state index contributed by atoms with van der Waals surface area (Å²) in [5.41, 5.74) is -2.98. The normalized spacial score (nSPS) is 28.2. The Kier molecular flexibility index (Phi) is 5.17. The number of benzene rings is 1. The molecule has 0 spiro atoms. The number of halogens is 5. The van der Waals surface area contributed by atoms with Gasteiger partial charge in [-0.1, -0.05) is 6.07 Å². The van der Waals surface area contributed by atoms with E-state index in [0.717, 1.165) is 19.7 Å². The van der Waals surface area contributed by atoms with Crippen molar-refractivity contribution in [2.45, 2.75) is 50.0 Å². The van der Waals surface area contributed by atoms with Gasteiger partial charge in [0.2, 0.25) is 5.43 Å². The van der Waals surface area contributed by atoms with Gasteiger partial charge in [-0.2, -0.15) is 13.2 Å². The van der Waals surface area contributed by atoms with Crippen LogP contribution in [0.15, 0.2) is 29.2 Å². The first kappa shape index (κ1) is 23.9. The van der Waals surface area contributed by atoms with E-state index in [2.05, 4.69) is 0 Å². The molecule has 8 nitrogen and oxygen atoms in total. The minimum atomic E-state index is -5.17. The zero-order chi connectivity index (χ0) is 26.4. The Hall–Kier alpha value is -3.48. The largest absolute Gasteiger partial charge is 0.491 e. The lowest BCUT2D eigenvalue weighted by Crippen LogP contribution is -2.58. The minimum absolute atomic E-state index is 0.00722. The van der Waals surface area contributed by atoms with Gasteiger partial charge in [-0.15, -0.1) is 0 Å². The first-order valence-electron chi connectivity index (χ1n) is 11.6. The third-order valence-corrected chi connectivity index (χ3v) is 7.69. The molecule has 3 fully saturated rings. The van der Waals surface area contributed by atoms with Crippen LogP contribution in [0, 0.1) is 23.5 Å². The number of hydrogen-bond donors (Lipinski definition) is 1. The summed E-state index contributed by atoms with van der Waals surface area (Å²) in [6.07, 6.45) is -3.17. The molecule has 1 aromatic carbocycles. The van der Waals surface area contributed by atoms with Crippen LogP contribution in [0.2, 0.25) is 0 Å². The van der Waals surface area contributed by atoms with Crippen LogP contribution in [0.4, 0.5) is 22.0 Å². The van der Waals surface area contributed by atoms with Gasteiger partial charge in [-0.3, -0.25) is 14.4 Å². The molecule has 2 aliphatic heterocycles. The summed E-state index contributed by atoms with van der Waals surface area (Å²) in [7, 11) is 1.11. The summed E-state index contributed by atoms with van der Waals surface area (Å²) in [5.74, 6) is -4.38. The summed E-state index contributed by atoms with van der Waals surface area (Å²) in [5, 5.41) is 1.63. The third kappa shape index (κ3) is 3.62. The molecule has 6 rings (SSSR count). The molecule has 0 radical (unpaired) electrons. The number of carbonyl (C=O) groups excluding carboxylic acids is 2. The van der Waals surface area contributed by atoms with Crippen molar-refractivity contribution in [3.63, 3.8) is 0 Å². The number of carbonyl (C=O) groups is 2. The Morgan fingerprint density at radius 3 is 2.62 bits per heavy atom. The van der Waals surface area contributed by atoms with Gasteiger partial charge in [0.05, 0.1) is 19.8 Å². The van der Waals surface area contributed by atoms with E-state index in [1.165, 1.54) is 4.57 Å². The van der Waals surface area contributed by atoms with Crippen molar-refractivity contribution in [2.75, 3.05) is 7.11 Å². The van der Waals surface area contributed by atoms with Gasteiger partial charge < -0.3 is 24.3 Å². The maximum absolute atomic E-state index is 14.2. The zero-order valence-electron chi connectivity index (χ0n) is 19.2. The fourth-order valence-corrected chi connectivity index (χ4v) is 5.99. The van der Waals surface area contributed by atoms with Crippen LogP contribution >= 0.6 is 0 Å². The Morgan fingerprint density at radius 2 is 1.95 bits per heavy atom. The van der Waals surface area contributed by atoms with Crippen molar-refractivity contribution in [1.29, 1.82) is 0 Å². The second kappa shape index (κ2) is 8.01. The van der Waals surface area contributed by atoms with Crippen LogP contribution < -0.4 is 15.5 Å². The monoisotopic (exact) mass is 525 g/mol. The zero-order valence-corrected chi connectivity index (χ0v) is 19.2.